The van der Waals surface area contributed by atoms with Crippen LogP contribution in [-0.2, 0) is 23.1 Å². The Balaban J connectivity index is 0.00000392. The average molecular weight is 520 g/mol. The van der Waals surface area contributed by atoms with Gasteiger partial charge in [-0.25, -0.2) is 13.4 Å². The van der Waals surface area contributed by atoms with E-state index in [1.165, 1.54) is 4.31 Å². The summed E-state index contributed by atoms with van der Waals surface area (Å²) >= 11 is 0. The van der Waals surface area contributed by atoms with E-state index in [9.17, 15) is 8.42 Å². The monoisotopic (exact) mass is 520 g/mol. The first-order chi connectivity index (χ1) is 12.8. The van der Waals surface area contributed by atoms with Gasteiger partial charge in [-0.05, 0) is 50.6 Å². The molecule has 0 bridgehead atoms. The van der Waals surface area contributed by atoms with Crippen molar-refractivity contribution in [3.05, 3.63) is 54.0 Å². The second-order valence-electron chi connectivity index (χ2n) is 6.39. The van der Waals surface area contributed by atoms with Crippen molar-refractivity contribution >= 4 is 40.0 Å². The molecule has 0 aliphatic carbocycles. The lowest BCUT2D eigenvalue weighted by Gasteiger charge is -2.21. The van der Waals surface area contributed by atoms with Crippen molar-refractivity contribution in [1.29, 1.82) is 0 Å². The summed E-state index contributed by atoms with van der Waals surface area (Å²) in [6.45, 7) is 7.40. The Morgan fingerprint density at radius 1 is 1.18 bits per heavy atom. The number of aliphatic imine (C=N–C) groups is 1. The van der Waals surface area contributed by atoms with Gasteiger partial charge in [0.1, 0.15) is 5.76 Å². The maximum atomic E-state index is 12.5. The summed E-state index contributed by atoms with van der Waals surface area (Å²) < 4.78 is 31.7. The molecule has 0 saturated heterocycles. The lowest BCUT2D eigenvalue weighted by molar-refractivity contribution is 0.410. The molecule has 0 radical (unpaired) electrons. The van der Waals surface area contributed by atoms with E-state index in [4.69, 9.17) is 4.42 Å². The highest BCUT2D eigenvalue weighted by molar-refractivity contribution is 14.0. The van der Waals surface area contributed by atoms with Gasteiger partial charge in [0.2, 0.25) is 10.0 Å². The van der Waals surface area contributed by atoms with Gasteiger partial charge < -0.3 is 15.1 Å². The van der Waals surface area contributed by atoms with Gasteiger partial charge >= 0.3 is 0 Å². The van der Waals surface area contributed by atoms with E-state index in [1.807, 2.05) is 32.9 Å². The maximum absolute atomic E-state index is 12.5. The Morgan fingerprint density at radius 3 is 2.39 bits per heavy atom. The minimum Gasteiger partial charge on any atom is -0.467 e. The summed E-state index contributed by atoms with van der Waals surface area (Å²) in [5.74, 6) is 1.49. The van der Waals surface area contributed by atoms with Gasteiger partial charge in [-0.2, -0.15) is 4.31 Å². The number of sulfonamides is 1. The lowest BCUT2D eigenvalue weighted by Crippen LogP contribution is -2.36. The Kier molecular flexibility index (Phi) is 9.97. The van der Waals surface area contributed by atoms with E-state index in [-0.39, 0.29) is 34.9 Å². The van der Waals surface area contributed by atoms with Crippen LogP contribution in [0.2, 0.25) is 0 Å². The van der Waals surface area contributed by atoms with E-state index in [0.717, 1.165) is 17.9 Å². The number of furan rings is 1. The number of hydrogen-bond donors (Lipinski definition) is 2. The summed E-state index contributed by atoms with van der Waals surface area (Å²) in [4.78, 5) is 4.82. The molecule has 0 unspecified atom stereocenters. The summed E-state index contributed by atoms with van der Waals surface area (Å²) in [5.41, 5.74) is 0.927. The Labute approximate surface area is 184 Å². The van der Waals surface area contributed by atoms with Crippen LogP contribution in [0.3, 0.4) is 0 Å². The van der Waals surface area contributed by atoms with Crippen LogP contribution in [0.5, 0.6) is 0 Å². The molecule has 0 amide bonds. The second kappa shape index (κ2) is 11.4. The minimum absolute atomic E-state index is 0. The topological polar surface area (TPSA) is 86.9 Å². The van der Waals surface area contributed by atoms with Crippen LogP contribution >= 0.6 is 24.0 Å². The molecule has 1 aromatic carbocycles. The van der Waals surface area contributed by atoms with E-state index in [2.05, 4.69) is 15.6 Å². The summed E-state index contributed by atoms with van der Waals surface area (Å²) in [7, 11) is -1.88. The van der Waals surface area contributed by atoms with Crippen LogP contribution in [0, 0.1) is 0 Å². The molecule has 7 nitrogen and oxygen atoms in total. The highest BCUT2D eigenvalue weighted by Crippen LogP contribution is 2.17. The zero-order valence-corrected chi connectivity index (χ0v) is 19.8. The first kappa shape index (κ1) is 24.4. The van der Waals surface area contributed by atoms with Crippen LogP contribution in [0.25, 0.3) is 0 Å². The predicted molar refractivity (Wildman–Crippen MR) is 122 cm³/mol. The van der Waals surface area contributed by atoms with E-state index < -0.39 is 10.0 Å². The van der Waals surface area contributed by atoms with Gasteiger partial charge in [0, 0.05) is 19.6 Å². The number of hydrogen-bond acceptors (Lipinski definition) is 4. The fraction of sp³-hybridized carbons (Fsp3) is 0.421. The Hall–Kier alpha value is -1.59. The number of rotatable bonds is 8. The molecule has 0 aliphatic rings. The quantitative estimate of drug-likeness (QED) is 0.317. The van der Waals surface area contributed by atoms with Crippen LogP contribution in [0.15, 0.2) is 57.0 Å². The molecular formula is C19H29IN4O3S. The number of guanidine groups is 1. The van der Waals surface area contributed by atoms with Gasteiger partial charge in [0.05, 0.1) is 24.2 Å². The number of halogens is 1. The molecule has 0 spiro atoms. The van der Waals surface area contributed by atoms with Crippen molar-refractivity contribution in [1.82, 2.24) is 14.9 Å². The molecular weight excluding hydrogens is 491 g/mol. The van der Waals surface area contributed by atoms with Crippen LogP contribution < -0.4 is 10.6 Å². The van der Waals surface area contributed by atoms with Gasteiger partial charge in [-0.1, -0.05) is 12.1 Å². The fourth-order valence-corrected chi connectivity index (χ4v) is 3.67. The average Bonchev–Trinajstić information content (AvgIpc) is 3.17. The zero-order chi connectivity index (χ0) is 19.9. The Morgan fingerprint density at radius 2 is 1.86 bits per heavy atom. The second-order valence-corrected chi connectivity index (χ2v) is 8.38. The third kappa shape index (κ3) is 6.78. The number of benzene rings is 1. The van der Waals surface area contributed by atoms with Gasteiger partial charge in [0.15, 0.2) is 5.96 Å². The number of nitrogens with zero attached hydrogens (tertiary/aromatic N) is 2. The molecule has 1 heterocycles. The van der Waals surface area contributed by atoms with Gasteiger partial charge in [-0.15, -0.1) is 24.0 Å². The standard InChI is InChI=1S/C19H28N4O3S.HI/c1-5-20-19(22-14-17-7-6-12-26-17)21-13-16-8-10-18(11-9-16)27(24,25)23(4)15(2)3;/h6-12,15H,5,13-14H2,1-4H3,(H2,20,21,22);1H. The first-order valence-corrected chi connectivity index (χ1v) is 10.4. The van der Waals surface area contributed by atoms with Crippen LogP contribution in [-0.4, -0.2) is 38.3 Å². The summed E-state index contributed by atoms with van der Waals surface area (Å²) in [6.07, 6.45) is 1.63. The van der Waals surface area contributed by atoms with Crippen molar-refractivity contribution in [2.75, 3.05) is 13.6 Å². The van der Waals surface area contributed by atoms with E-state index in [1.54, 1.807) is 37.6 Å². The number of nitrogens with one attached hydrogen (secondary N) is 2. The molecule has 156 valence electrons. The van der Waals surface area contributed by atoms with E-state index in [0.29, 0.717) is 19.0 Å². The third-order valence-corrected chi connectivity index (χ3v) is 6.15. The maximum Gasteiger partial charge on any atom is 0.243 e. The molecule has 0 atom stereocenters. The van der Waals surface area contributed by atoms with Crippen molar-refractivity contribution in [3.8, 4) is 0 Å². The Bertz CT molecular complexity index is 835. The highest BCUT2D eigenvalue weighted by Gasteiger charge is 2.22. The fourth-order valence-electron chi connectivity index (χ4n) is 2.31. The highest BCUT2D eigenvalue weighted by atomic mass is 127. The lowest BCUT2D eigenvalue weighted by atomic mass is 10.2. The normalized spacial score (nSPS) is 12.1. The molecule has 0 fully saturated rings. The summed E-state index contributed by atoms with van der Waals surface area (Å²) in [5, 5.41) is 6.37. The molecule has 9 heteroatoms. The van der Waals surface area contributed by atoms with Gasteiger partial charge in [0.25, 0.3) is 0 Å². The van der Waals surface area contributed by atoms with Crippen molar-refractivity contribution < 1.29 is 12.8 Å². The molecule has 2 aromatic rings. The first-order valence-electron chi connectivity index (χ1n) is 8.96. The molecule has 1 aromatic heterocycles. The van der Waals surface area contributed by atoms with Crippen LogP contribution in [0.4, 0.5) is 0 Å². The predicted octanol–water partition coefficient (Wildman–Crippen LogP) is 3.18. The molecule has 2 N–H and O–H groups in total. The smallest absolute Gasteiger partial charge is 0.243 e. The molecule has 0 aliphatic heterocycles. The van der Waals surface area contributed by atoms with Crippen molar-refractivity contribution in [3.63, 3.8) is 0 Å². The summed E-state index contributed by atoms with van der Waals surface area (Å²) in [6, 6.07) is 10.5. The molecule has 2 rings (SSSR count). The van der Waals surface area contributed by atoms with Gasteiger partial charge in [-0.3, -0.25) is 0 Å². The molecule has 28 heavy (non-hydrogen) atoms. The van der Waals surface area contributed by atoms with E-state index >= 15 is 0 Å². The van der Waals surface area contributed by atoms with Crippen LogP contribution in [0.1, 0.15) is 32.1 Å². The van der Waals surface area contributed by atoms with Crippen molar-refractivity contribution in [2.24, 2.45) is 4.99 Å². The largest absolute Gasteiger partial charge is 0.467 e. The molecule has 0 saturated carbocycles. The zero-order valence-electron chi connectivity index (χ0n) is 16.7. The van der Waals surface area contributed by atoms with Crippen molar-refractivity contribution in [2.45, 2.75) is 44.8 Å². The SMILES string of the molecule is CCNC(=NCc1ccc(S(=O)(=O)N(C)C(C)C)cc1)NCc1ccco1.I. The third-order valence-electron chi connectivity index (χ3n) is 4.10. The minimum atomic E-state index is -3.47.